The Kier molecular flexibility index (Phi) is 3.79. The molecule has 0 radical (unpaired) electrons. The first-order chi connectivity index (χ1) is 8.77. The lowest BCUT2D eigenvalue weighted by Gasteiger charge is -2.36. The molecule has 0 fully saturated rings. The Morgan fingerprint density at radius 1 is 0.700 bits per heavy atom. The van der Waals surface area contributed by atoms with Gasteiger partial charge in [-0.3, -0.25) is 0 Å². The average molecular weight is 310 g/mol. The van der Waals surface area contributed by atoms with Gasteiger partial charge in [-0.05, 0) is 12.5 Å². The van der Waals surface area contributed by atoms with Crippen molar-refractivity contribution in [2.45, 2.75) is 30.9 Å². The highest BCUT2D eigenvalue weighted by Crippen LogP contribution is 2.58. The monoisotopic (exact) mass is 310 g/mol. The summed E-state index contributed by atoms with van der Waals surface area (Å²) in [5.74, 6) is -6.62. The lowest BCUT2D eigenvalue weighted by Crippen LogP contribution is -2.60. The van der Waals surface area contributed by atoms with E-state index < -0.39 is 35.1 Å². The highest BCUT2D eigenvalue weighted by molar-refractivity contribution is 5.35. The molecule has 20 heavy (non-hydrogen) atoms. The van der Waals surface area contributed by atoms with Gasteiger partial charge in [-0.2, -0.15) is 35.1 Å². The molecule has 0 aliphatic carbocycles. The van der Waals surface area contributed by atoms with Crippen LogP contribution in [0.3, 0.4) is 0 Å². The van der Waals surface area contributed by atoms with Crippen molar-refractivity contribution in [2.75, 3.05) is 0 Å². The number of rotatable bonds is 2. The summed E-state index contributed by atoms with van der Waals surface area (Å²) >= 11 is 0. The standard InChI is InChI=1S/C11H7F9/c1-6-4-2-3-5-7(6)8(12,10(15,16)17)9(13,14)11(18,19)20/h2-5H,1H3. The highest BCUT2D eigenvalue weighted by Gasteiger charge is 2.81. The van der Waals surface area contributed by atoms with Crippen molar-refractivity contribution < 1.29 is 39.5 Å². The number of hydrogen-bond donors (Lipinski definition) is 0. The Hall–Kier alpha value is -1.41. The van der Waals surface area contributed by atoms with Gasteiger partial charge in [0, 0.05) is 5.56 Å². The summed E-state index contributed by atoms with van der Waals surface area (Å²) in [7, 11) is 0. The Morgan fingerprint density at radius 3 is 1.50 bits per heavy atom. The molecule has 1 rings (SSSR count). The largest absolute Gasteiger partial charge is 0.457 e. The van der Waals surface area contributed by atoms with E-state index in [1.165, 1.54) is 0 Å². The van der Waals surface area contributed by atoms with Crippen LogP contribution in [0.25, 0.3) is 0 Å². The maximum Gasteiger partial charge on any atom is 0.457 e. The number of hydrogen-bond acceptors (Lipinski definition) is 0. The van der Waals surface area contributed by atoms with E-state index in [1.54, 1.807) is 0 Å². The van der Waals surface area contributed by atoms with Gasteiger partial charge in [0.25, 0.3) is 0 Å². The van der Waals surface area contributed by atoms with Crippen molar-refractivity contribution in [3.63, 3.8) is 0 Å². The summed E-state index contributed by atoms with van der Waals surface area (Å²) < 4.78 is 115. The van der Waals surface area contributed by atoms with E-state index in [0.29, 0.717) is 0 Å². The van der Waals surface area contributed by atoms with Crippen LogP contribution in [0, 0.1) is 6.92 Å². The molecule has 0 spiro atoms. The third-order valence-electron chi connectivity index (χ3n) is 2.70. The predicted octanol–water partition coefficient (Wildman–Crippen LogP) is 4.92. The van der Waals surface area contributed by atoms with E-state index in [9.17, 15) is 39.5 Å². The molecule has 0 nitrogen and oxygen atoms in total. The van der Waals surface area contributed by atoms with Gasteiger partial charge in [0.1, 0.15) is 0 Å². The van der Waals surface area contributed by atoms with E-state index in [2.05, 4.69) is 0 Å². The molecule has 0 aliphatic heterocycles. The second-order valence-corrected chi connectivity index (χ2v) is 4.04. The molecule has 0 aromatic heterocycles. The fraction of sp³-hybridized carbons (Fsp3) is 0.455. The van der Waals surface area contributed by atoms with Crippen molar-refractivity contribution in [1.29, 1.82) is 0 Å². The van der Waals surface area contributed by atoms with E-state index in [-0.39, 0.29) is 6.07 Å². The van der Waals surface area contributed by atoms with Crippen LogP contribution in [0.5, 0.6) is 0 Å². The molecule has 0 bridgehead atoms. The Balaban J connectivity index is 3.69. The molecule has 0 aliphatic rings. The molecular weight excluding hydrogens is 303 g/mol. The number of aryl methyl sites for hydroxylation is 1. The molecular formula is C11H7F9. The topological polar surface area (TPSA) is 0 Å². The first-order valence-corrected chi connectivity index (χ1v) is 5.03. The normalized spacial score (nSPS) is 16.9. The van der Waals surface area contributed by atoms with E-state index >= 15 is 0 Å². The fourth-order valence-electron chi connectivity index (χ4n) is 1.65. The fourth-order valence-corrected chi connectivity index (χ4v) is 1.65. The highest BCUT2D eigenvalue weighted by atomic mass is 19.4. The van der Waals surface area contributed by atoms with Gasteiger partial charge >= 0.3 is 23.9 Å². The molecule has 0 saturated carbocycles. The first kappa shape index (κ1) is 16.6. The number of benzene rings is 1. The van der Waals surface area contributed by atoms with Crippen molar-refractivity contribution in [3.05, 3.63) is 35.4 Å². The van der Waals surface area contributed by atoms with Crippen LogP contribution in [0.15, 0.2) is 24.3 Å². The van der Waals surface area contributed by atoms with Gasteiger partial charge in [0.05, 0.1) is 0 Å². The van der Waals surface area contributed by atoms with Gasteiger partial charge < -0.3 is 0 Å². The summed E-state index contributed by atoms with van der Waals surface area (Å²) in [4.78, 5) is 0. The number of halogens is 9. The third kappa shape index (κ3) is 2.22. The lowest BCUT2D eigenvalue weighted by atomic mass is 9.85. The summed E-state index contributed by atoms with van der Waals surface area (Å²) in [6, 6.07) is 2.89. The molecule has 0 N–H and O–H groups in total. The van der Waals surface area contributed by atoms with E-state index in [0.717, 1.165) is 25.1 Å². The van der Waals surface area contributed by atoms with Crippen LogP contribution >= 0.6 is 0 Å². The van der Waals surface area contributed by atoms with Crippen LogP contribution in [0.2, 0.25) is 0 Å². The van der Waals surface area contributed by atoms with Crippen molar-refractivity contribution >= 4 is 0 Å². The maximum atomic E-state index is 14.0. The number of alkyl halides is 9. The minimum Gasteiger partial charge on any atom is -0.221 e. The second kappa shape index (κ2) is 4.56. The summed E-state index contributed by atoms with van der Waals surface area (Å²) in [6.45, 7) is 0.807. The molecule has 0 amide bonds. The molecule has 1 unspecified atom stereocenters. The third-order valence-corrected chi connectivity index (χ3v) is 2.70. The zero-order chi connectivity index (χ0) is 16.0. The molecule has 1 atom stereocenters. The van der Waals surface area contributed by atoms with Crippen LogP contribution in [0.1, 0.15) is 11.1 Å². The van der Waals surface area contributed by atoms with E-state index in [1.807, 2.05) is 0 Å². The predicted molar refractivity (Wildman–Crippen MR) is 51.0 cm³/mol. The molecule has 0 heterocycles. The minimum atomic E-state index is -6.69. The SMILES string of the molecule is Cc1ccccc1C(F)(C(F)(F)F)C(F)(F)C(F)(F)F. The van der Waals surface area contributed by atoms with Gasteiger partial charge in [-0.15, -0.1) is 0 Å². The summed E-state index contributed by atoms with van der Waals surface area (Å²) in [5, 5.41) is 0. The molecule has 1 aromatic carbocycles. The maximum absolute atomic E-state index is 14.0. The zero-order valence-electron chi connectivity index (χ0n) is 9.71. The average Bonchev–Trinajstić information content (AvgIpc) is 2.25. The second-order valence-electron chi connectivity index (χ2n) is 4.04. The minimum absolute atomic E-state index is 0.252. The molecule has 1 aromatic rings. The van der Waals surface area contributed by atoms with Crippen LogP contribution in [0.4, 0.5) is 39.5 Å². The van der Waals surface area contributed by atoms with Crippen molar-refractivity contribution in [1.82, 2.24) is 0 Å². The van der Waals surface area contributed by atoms with Gasteiger partial charge in [0.2, 0.25) is 0 Å². The van der Waals surface area contributed by atoms with E-state index in [4.69, 9.17) is 0 Å². The van der Waals surface area contributed by atoms with Crippen molar-refractivity contribution in [3.8, 4) is 0 Å². The molecule has 9 heteroatoms. The van der Waals surface area contributed by atoms with Crippen LogP contribution in [-0.4, -0.2) is 18.3 Å². The lowest BCUT2D eigenvalue weighted by molar-refractivity contribution is -0.389. The van der Waals surface area contributed by atoms with Gasteiger partial charge in [-0.25, -0.2) is 4.39 Å². The van der Waals surface area contributed by atoms with Gasteiger partial charge in [-0.1, -0.05) is 24.3 Å². The van der Waals surface area contributed by atoms with Crippen LogP contribution in [-0.2, 0) is 5.67 Å². The van der Waals surface area contributed by atoms with Gasteiger partial charge in [0.15, 0.2) is 0 Å². The summed E-state index contributed by atoms with van der Waals surface area (Å²) in [6.07, 6.45) is -13.1. The molecule has 0 saturated heterocycles. The Morgan fingerprint density at radius 2 is 1.15 bits per heavy atom. The van der Waals surface area contributed by atoms with Crippen molar-refractivity contribution in [2.24, 2.45) is 0 Å². The zero-order valence-corrected chi connectivity index (χ0v) is 9.71. The first-order valence-electron chi connectivity index (χ1n) is 5.03. The Bertz CT molecular complexity index is 485. The quantitative estimate of drug-likeness (QED) is 0.680. The Labute approximate surface area is 107 Å². The van der Waals surface area contributed by atoms with Crippen LogP contribution < -0.4 is 0 Å². The summed E-state index contributed by atoms with van der Waals surface area (Å²) in [5.41, 5.74) is -8.30. The molecule has 114 valence electrons. The smallest absolute Gasteiger partial charge is 0.221 e.